The molecule has 0 aromatic heterocycles. The molecule has 0 saturated carbocycles. The monoisotopic (exact) mass is 268 g/mol. The number of hydrogen-bond donors (Lipinski definition) is 1. The Morgan fingerprint density at radius 1 is 1.11 bits per heavy atom. The molecule has 1 N–H and O–H groups in total. The second-order valence-corrected chi connectivity index (χ2v) is 6.30. The van der Waals surface area contributed by atoms with Gasteiger partial charge in [-0.1, -0.05) is 41.0 Å². The first-order valence-electron chi connectivity index (χ1n) is 7.43. The summed E-state index contributed by atoms with van der Waals surface area (Å²) in [5.41, 5.74) is 0. The molecule has 1 aliphatic heterocycles. The van der Waals surface area contributed by atoms with Crippen molar-refractivity contribution in [1.29, 1.82) is 0 Å². The first-order chi connectivity index (χ1) is 8.81. The van der Waals surface area contributed by atoms with E-state index in [9.17, 15) is 9.59 Å². The van der Waals surface area contributed by atoms with Crippen LogP contribution >= 0.6 is 0 Å². The Bertz CT molecular complexity index is 339. The van der Waals surface area contributed by atoms with E-state index < -0.39 is 0 Å². The van der Waals surface area contributed by atoms with Crippen molar-refractivity contribution in [2.75, 3.05) is 0 Å². The molecule has 1 aliphatic rings. The van der Waals surface area contributed by atoms with Gasteiger partial charge in [0.1, 0.15) is 12.1 Å². The number of piperazine rings is 1. The van der Waals surface area contributed by atoms with Gasteiger partial charge < -0.3 is 10.2 Å². The highest BCUT2D eigenvalue weighted by Crippen LogP contribution is 2.24. The summed E-state index contributed by atoms with van der Waals surface area (Å²) >= 11 is 0. The molecule has 3 atom stereocenters. The van der Waals surface area contributed by atoms with Gasteiger partial charge in [-0.25, -0.2) is 0 Å². The van der Waals surface area contributed by atoms with Gasteiger partial charge in [-0.3, -0.25) is 9.59 Å². The topological polar surface area (TPSA) is 49.4 Å². The third kappa shape index (κ3) is 3.28. The van der Waals surface area contributed by atoms with Crippen molar-refractivity contribution in [3.8, 4) is 0 Å². The van der Waals surface area contributed by atoms with Crippen molar-refractivity contribution in [2.45, 2.75) is 72.5 Å². The average molecular weight is 268 g/mol. The van der Waals surface area contributed by atoms with Crippen LogP contribution in [0.15, 0.2) is 0 Å². The predicted octanol–water partition coefficient (Wildman–Crippen LogP) is 2.18. The minimum absolute atomic E-state index is 0.00347. The molecule has 1 fully saturated rings. The molecule has 0 aromatic rings. The molecule has 1 saturated heterocycles. The van der Waals surface area contributed by atoms with Crippen LogP contribution in [0, 0.1) is 11.8 Å². The van der Waals surface area contributed by atoms with Gasteiger partial charge in [-0.15, -0.1) is 0 Å². The Morgan fingerprint density at radius 3 is 2.11 bits per heavy atom. The summed E-state index contributed by atoms with van der Waals surface area (Å²) in [5.74, 6) is 0.336. The molecule has 0 bridgehead atoms. The van der Waals surface area contributed by atoms with Gasteiger partial charge in [0.25, 0.3) is 0 Å². The first kappa shape index (κ1) is 16.0. The number of carbonyl (C=O) groups is 2. The van der Waals surface area contributed by atoms with Crippen molar-refractivity contribution in [2.24, 2.45) is 11.8 Å². The van der Waals surface area contributed by atoms with Crippen LogP contribution in [-0.2, 0) is 9.59 Å². The quantitative estimate of drug-likeness (QED) is 0.831. The minimum atomic E-state index is -0.373. The van der Waals surface area contributed by atoms with E-state index in [1.165, 1.54) is 0 Å². The van der Waals surface area contributed by atoms with E-state index in [4.69, 9.17) is 0 Å². The molecule has 4 heteroatoms. The van der Waals surface area contributed by atoms with E-state index in [2.05, 4.69) is 12.2 Å². The number of rotatable bonds is 5. The number of nitrogens with one attached hydrogen (secondary N) is 1. The van der Waals surface area contributed by atoms with Gasteiger partial charge in [0.05, 0.1) is 0 Å². The fourth-order valence-corrected chi connectivity index (χ4v) is 2.85. The van der Waals surface area contributed by atoms with Crippen molar-refractivity contribution in [1.82, 2.24) is 10.2 Å². The van der Waals surface area contributed by atoms with Crippen LogP contribution in [0.5, 0.6) is 0 Å². The van der Waals surface area contributed by atoms with Crippen molar-refractivity contribution >= 4 is 11.8 Å². The van der Waals surface area contributed by atoms with Crippen molar-refractivity contribution in [3.05, 3.63) is 0 Å². The lowest BCUT2D eigenvalue weighted by atomic mass is 9.91. The predicted molar refractivity (Wildman–Crippen MR) is 76.6 cm³/mol. The summed E-state index contributed by atoms with van der Waals surface area (Å²) in [6, 6.07) is -0.581. The summed E-state index contributed by atoms with van der Waals surface area (Å²) < 4.78 is 0. The average Bonchev–Trinajstić information content (AvgIpc) is 2.30. The molecule has 19 heavy (non-hydrogen) atoms. The SMILES string of the molecule is CCCC(C)N1C(=O)C(C(C)C)NC(=O)C1C(C)C. The van der Waals surface area contributed by atoms with Gasteiger partial charge in [-0.2, -0.15) is 0 Å². The standard InChI is InChI=1S/C15H28N2O2/c1-7-8-11(6)17-13(10(4)5)14(18)16-12(9(2)3)15(17)19/h9-13H,7-8H2,1-6H3,(H,16,18). The van der Waals surface area contributed by atoms with E-state index in [1.807, 2.05) is 39.5 Å². The van der Waals surface area contributed by atoms with Gasteiger partial charge in [0, 0.05) is 6.04 Å². The van der Waals surface area contributed by atoms with E-state index >= 15 is 0 Å². The number of carbonyl (C=O) groups excluding carboxylic acids is 2. The zero-order valence-electron chi connectivity index (χ0n) is 13.1. The molecule has 1 rings (SSSR count). The van der Waals surface area contributed by atoms with Crippen LogP contribution in [0.2, 0.25) is 0 Å². The molecule has 2 amide bonds. The van der Waals surface area contributed by atoms with Crippen LogP contribution in [-0.4, -0.2) is 34.8 Å². The molecule has 110 valence electrons. The molecule has 0 spiro atoms. The van der Waals surface area contributed by atoms with Gasteiger partial charge in [-0.05, 0) is 25.2 Å². The number of amides is 2. The van der Waals surface area contributed by atoms with Crippen molar-refractivity contribution in [3.63, 3.8) is 0 Å². The fraction of sp³-hybridized carbons (Fsp3) is 0.867. The van der Waals surface area contributed by atoms with Gasteiger partial charge >= 0.3 is 0 Å². The Labute approximate surface area is 116 Å². The van der Waals surface area contributed by atoms with E-state index in [0.717, 1.165) is 12.8 Å². The summed E-state index contributed by atoms with van der Waals surface area (Å²) in [6.45, 7) is 12.1. The van der Waals surface area contributed by atoms with Gasteiger partial charge in [0.15, 0.2) is 0 Å². The maximum atomic E-state index is 12.7. The lowest BCUT2D eigenvalue weighted by Crippen LogP contribution is -2.67. The summed E-state index contributed by atoms with van der Waals surface area (Å²) in [4.78, 5) is 26.8. The van der Waals surface area contributed by atoms with Crippen LogP contribution in [0.3, 0.4) is 0 Å². The summed E-state index contributed by atoms with van der Waals surface area (Å²) in [5, 5.41) is 2.89. The third-order valence-corrected chi connectivity index (χ3v) is 3.87. The highest BCUT2D eigenvalue weighted by Gasteiger charge is 2.44. The minimum Gasteiger partial charge on any atom is -0.342 e. The highest BCUT2D eigenvalue weighted by atomic mass is 16.2. The van der Waals surface area contributed by atoms with Crippen LogP contribution in [0.4, 0.5) is 0 Å². The molecule has 0 aromatic carbocycles. The smallest absolute Gasteiger partial charge is 0.246 e. The fourth-order valence-electron chi connectivity index (χ4n) is 2.85. The third-order valence-electron chi connectivity index (χ3n) is 3.87. The second kappa shape index (κ2) is 6.40. The first-order valence-corrected chi connectivity index (χ1v) is 7.43. The Balaban J connectivity index is 3.06. The Morgan fingerprint density at radius 2 is 1.68 bits per heavy atom. The van der Waals surface area contributed by atoms with E-state index in [0.29, 0.717) is 0 Å². The molecular formula is C15H28N2O2. The van der Waals surface area contributed by atoms with Crippen LogP contribution in [0.1, 0.15) is 54.4 Å². The molecule has 0 radical (unpaired) electrons. The molecule has 0 aliphatic carbocycles. The molecule has 1 heterocycles. The zero-order chi connectivity index (χ0) is 14.7. The highest BCUT2D eigenvalue weighted by molar-refractivity contribution is 5.97. The van der Waals surface area contributed by atoms with E-state index in [1.54, 1.807) is 0 Å². The molecule has 3 unspecified atom stereocenters. The molecule has 4 nitrogen and oxygen atoms in total. The summed E-state index contributed by atoms with van der Waals surface area (Å²) in [7, 11) is 0. The maximum absolute atomic E-state index is 12.7. The van der Waals surface area contributed by atoms with Gasteiger partial charge in [0.2, 0.25) is 11.8 Å². The largest absolute Gasteiger partial charge is 0.342 e. The number of nitrogens with zero attached hydrogens (tertiary/aromatic N) is 1. The maximum Gasteiger partial charge on any atom is 0.246 e. The van der Waals surface area contributed by atoms with Crippen molar-refractivity contribution < 1.29 is 9.59 Å². The van der Waals surface area contributed by atoms with Crippen LogP contribution in [0.25, 0.3) is 0 Å². The number of hydrogen-bond acceptors (Lipinski definition) is 2. The lowest BCUT2D eigenvalue weighted by Gasteiger charge is -2.45. The Hall–Kier alpha value is -1.06. The van der Waals surface area contributed by atoms with E-state index in [-0.39, 0.29) is 41.8 Å². The lowest BCUT2D eigenvalue weighted by molar-refractivity contribution is -0.155. The Kier molecular flexibility index (Phi) is 5.39. The van der Waals surface area contributed by atoms with Crippen LogP contribution < -0.4 is 5.32 Å². The molecular weight excluding hydrogens is 240 g/mol. The second-order valence-electron chi connectivity index (χ2n) is 6.30. The normalized spacial score (nSPS) is 26.0. The summed E-state index contributed by atoms with van der Waals surface area (Å²) in [6.07, 6.45) is 1.96. The zero-order valence-corrected chi connectivity index (χ0v) is 13.1.